The molecule has 0 aromatic heterocycles. The van der Waals surface area contributed by atoms with E-state index in [0.29, 0.717) is 29.9 Å². The second kappa shape index (κ2) is 5.86. The Kier molecular flexibility index (Phi) is 3.86. The Labute approximate surface area is 152 Å². The molecule has 0 radical (unpaired) electrons. The number of carbonyl (C=O) groups is 1. The third-order valence-electron chi connectivity index (χ3n) is 5.87. The van der Waals surface area contributed by atoms with Crippen LogP contribution < -0.4 is 9.47 Å². The number of benzene rings is 1. The molecular weight excluding hydrogens is 334 g/mol. The van der Waals surface area contributed by atoms with Crippen molar-refractivity contribution in [1.29, 1.82) is 0 Å². The van der Waals surface area contributed by atoms with E-state index in [1.807, 2.05) is 19.2 Å². The first-order chi connectivity index (χ1) is 12.4. The number of fused-ring (bicyclic) bond motifs is 2. The largest absolute Gasteiger partial charge is 0.493 e. The molecule has 6 nitrogen and oxygen atoms in total. The number of aliphatic hydroxyl groups is 1. The van der Waals surface area contributed by atoms with Crippen molar-refractivity contribution < 1.29 is 24.1 Å². The van der Waals surface area contributed by atoms with Crippen molar-refractivity contribution in [1.82, 2.24) is 4.90 Å². The van der Waals surface area contributed by atoms with Crippen molar-refractivity contribution in [3.8, 4) is 11.5 Å². The molecule has 0 amide bonds. The van der Waals surface area contributed by atoms with Gasteiger partial charge >= 0.3 is 0 Å². The monoisotopic (exact) mass is 357 g/mol. The lowest BCUT2D eigenvalue weighted by Gasteiger charge is -2.52. The molecule has 4 rings (SSSR count). The van der Waals surface area contributed by atoms with Gasteiger partial charge in [0.25, 0.3) is 0 Å². The van der Waals surface area contributed by atoms with Crippen LogP contribution in [0.1, 0.15) is 17.5 Å². The number of nitrogens with zero attached hydrogens (tertiary/aromatic N) is 1. The van der Waals surface area contributed by atoms with Crippen LogP contribution in [0.4, 0.5) is 0 Å². The third-order valence-corrected chi connectivity index (χ3v) is 5.87. The summed E-state index contributed by atoms with van der Waals surface area (Å²) in [5, 5.41) is 11.8. The summed E-state index contributed by atoms with van der Waals surface area (Å²) in [7, 11) is 6.65. The van der Waals surface area contributed by atoms with Gasteiger partial charge in [-0.2, -0.15) is 0 Å². The highest BCUT2D eigenvalue weighted by atomic mass is 16.5. The molecular formula is C20H23NO5. The second-order valence-corrected chi connectivity index (χ2v) is 7.02. The van der Waals surface area contributed by atoms with Gasteiger partial charge in [-0.15, -0.1) is 0 Å². The Hall–Kier alpha value is -2.31. The van der Waals surface area contributed by atoms with E-state index in [9.17, 15) is 9.90 Å². The van der Waals surface area contributed by atoms with Crippen LogP contribution in [0.3, 0.4) is 0 Å². The zero-order valence-corrected chi connectivity index (χ0v) is 15.5. The topological polar surface area (TPSA) is 68.2 Å². The number of allylic oxidation sites excluding steroid dienone is 1. The van der Waals surface area contributed by atoms with Crippen LogP contribution in [0.2, 0.25) is 0 Å². The zero-order chi connectivity index (χ0) is 18.6. The number of carbonyl (C=O) groups excluding carboxylic acids is 1. The van der Waals surface area contributed by atoms with E-state index in [-0.39, 0.29) is 17.6 Å². The molecule has 0 saturated carbocycles. The Bertz CT molecular complexity index is 856. The van der Waals surface area contributed by atoms with Crippen molar-refractivity contribution in [2.45, 2.75) is 24.5 Å². The van der Waals surface area contributed by atoms with Crippen molar-refractivity contribution in [3.63, 3.8) is 0 Å². The van der Waals surface area contributed by atoms with E-state index >= 15 is 0 Å². The molecule has 1 N–H and O–H groups in total. The van der Waals surface area contributed by atoms with Crippen LogP contribution in [0.5, 0.6) is 11.5 Å². The predicted octanol–water partition coefficient (Wildman–Crippen LogP) is 1.56. The highest BCUT2D eigenvalue weighted by molar-refractivity contribution is 6.13. The molecule has 2 unspecified atom stereocenters. The van der Waals surface area contributed by atoms with Gasteiger partial charge in [0.1, 0.15) is 5.60 Å². The molecule has 1 aromatic carbocycles. The Balaban J connectivity index is 2.04. The summed E-state index contributed by atoms with van der Waals surface area (Å²) in [6.07, 6.45) is 2.85. The van der Waals surface area contributed by atoms with Gasteiger partial charge in [0.05, 0.1) is 27.4 Å². The lowest BCUT2D eigenvalue weighted by molar-refractivity contribution is -0.115. The van der Waals surface area contributed by atoms with Crippen molar-refractivity contribution in [2.75, 3.05) is 34.9 Å². The van der Waals surface area contributed by atoms with Crippen molar-refractivity contribution in [3.05, 3.63) is 40.7 Å². The SMILES string of the molecule is COC1=C2c3cc(OC)c(OC)cc3CC3N(C)CCC(=CC1=O)C23O. The molecule has 0 bridgehead atoms. The van der Waals surface area contributed by atoms with Crippen LogP contribution in [-0.4, -0.2) is 62.4 Å². The fourth-order valence-electron chi connectivity index (χ4n) is 4.57. The molecule has 2 atom stereocenters. The highest BCUT2D eigenvalue weighted by Crippen LogP contribution is 2.52. The first kappa shape index (κ1) is 17.1. The Morgan fingerprint density at radius 3 is 2.50 bits per heavy atom. The molecule has 6 heteroatoms. The minimum atomic E-state index is -1.24. The van der Waals surface area contributed by atoms with E-state index in [1.54, 1.807) is 20.3 Å². The summed E-state index contributed by atoms with van der Waals surface area (Å²) >= 11 is 0. The van der Waals surface area contributed by atoms with Gasteiger partial charge in [-0.1, -0.05) is 0 Å². The molecule has 138 valence electrons. The molecule has 1 saturated heterocycles. The molecule has 0 spiro atoms. The van der Waals surface area contributed by atoms with E-state index in [4.69, 9.17) is 14.2 Å². The summed E-state index contributed by atoms with van der Waals surface area (Å²) in [6.45, 7) is 0.796. The van der Waals surface area contributed by atoms with Crippen molar-refractivity contribution >= 4 is 11.4 Å². The number of likely N-dealkylation sites (N-methyl/N-ethyl adjacent to an activating group) is 1. The molecule has 2 aliphatic carbocycles. The maximum absolute atomic E-state index is 12.7. The molecule has 3 aliphatic rings. The number of hydrogen-bond donors (Lipinski definition) is 1. The van der Waals surface area contributed by atoms with E-state index in [2.05, 4.69) is 4.90 Å². The number of methoxy groups -OCH3 is 3. The first-order valence-corrected chi connectivity index (χ1v) is 8.67. The minimum Gasteiger partial charge on any atom is -0.493 e. The third kappa shape index (κ3) is 2.09. The maximum atomic E-state index is 12.7. The van der Waals surface area contributed by atoms with E-state index in [0.717, 1.165) is 23.2 Å². The van der Waals surface area contributed by atoms with Crippen molar-refractivity contribution in [2.24, 2.45) is 0 Å². The van der Waals surface area contributed by atoms with Gasteiger partial charge in [0.2, 0.25) is 5.78 Å². The van der Waals surface area contributed by atoms with Gasteiger partial charge in [-0.25, -0.2) is 0 Å². The van der Waals surface area contributed by atoms with Crippen LogP contribution in [0, 0.1) is 0 Å². The minimum absolute atomic E-state index is 0.165. The Morgan fingerprint density at radius 1 is 1.15 bits per heavy atom. The van der Waals surface area contributed by atoms with Gasteiger partial charge in [0.15, 0.2) is 17.3 Å². The summed E-state index contributed by atoms with van der Waals surface area (Å²) in [5.74, 6) is 1.19. The summed E-state index contributed by atoms with van der Waals surface area (Å²) in [5.41, 5.74) is 1.86. The lowest BCUT2D eigenvalue weighted by atomic mass is 9.63. The number of piperidine rings is 1. The van der Waals surface area contributed by atoms with Crippen LogP contribution in [0.15, 0.2) is 29.5 Å². The summed E-state index contributed by atoms with van der Waals surface area (Å²) in [4.78, 5) is 14.8. The quantitative estimate of drug-likeness (QED) is 0.886. The van der Waals surface area contributed by atoms with Crippen LogP contribution >= 0.6 is 0 Å². The fourth-order valence-corrected chi connectivity index (χ4v) is 4.57. The first-order valence-electron chi connectivity index (χ1n) is 8.67. The number of hydrogen-bond acceptors (Lipinski definition) is 6. The zero-order valence-electron chi connectivity index (χ0n) is 15.5. The smallest absolute Gasteiger partial charge is 0.220 e. The van der Waals surface area contributed by atoms with Gasteiger partial charge in [-0.3, -0.25) is 9.69 Å². The lowest BCUT2D eigenvalue weighted by Crippen LogP contribution is -2.61. The summed E-state index contributed by atoms with van der Waals surface area (Å²) < 4.78 is 16.3. The number of likely N-dealkylation sites (tertiary alicyclic amines) is 1. The molecule has 1 aromatic rings. The van der Waals surface area contributed by atoms with Crippen LogP contribution in [-0.2, 0) is 16.0 Å². The number of ether oxygens (including phenoxy) is 3. The number of rotatable bonds is 3. The van der Waals surface area contributed by atoms with Gasteiger partial charge in [0, 0.05) is 12.1 Å². The van der Waals surface area contributed by atoms with Crippen LogP contribution in [0.25, 0.3) is 5.57 Å². The molecule has 26 heavy (non-hydrogen) atoms. The van der Waals surface area contributed by atoms with E-state index < -0.39 is 5.60 Å². The van der Waals surface area contributed by atoms with Gasteiger partial charge in [-0.05, 0) is 54.8 Å². The fraction of sp³-hybridized carbons (Fsp3) is 0.450. The molecule has 1 aliphatic heterocycles. The van der Waals surface area contributed by atoms with Gasteiger partial charge < -0.3 is 19.3 Å². The molecule has 1 heterocycles. The maximum Gasteiger partial charge on any atom is 0.220 e. The average molecular weight is 357 g/mol. The normalized spacial score (nSPS) is 27.5. The highest BCUT2D eigenvalue weighted by Gasteiger charge is 2.55. The standard InChI is InChI=1S/C20H23NO5/c1-21-6-5-12-9-14(22)19(26-4)18-13-10-16(25-3)15(24-2)7-11(13)8-17(21)20(12,18)23/h7,9-10,17,23H,5-6,8H2,1-4H3. The average Bonchev–Trinajstić information content (AvgIpc) is 2.64. The Morgan fingerprint density at radius 2 is 1.85 bits per heavy atom. The summed E-state index contributed by atoms with van der Waals surface area (Å²) in [6, 6.07) is 3.60. The molecule has 1 fully saturated rings. The van der Waals surface area contributed by atoms with E-state index in [1.165, 1.54) is 7.11 Å². The second-order valence-electron chi connectivity index (χ2n) is 7.02. The number of ketones is 1. The predicted molar refractivity (Wildman–Crippen MR) is 96.3 cm³/mol.